The van der Waals surface area contributed by atoms with Gasteiger partial charge in [0.05, 0.1) is 10.2 Å². The Morgan fingerprint density at radius 1 is 1.08 bits per heavy atom. The van der Waals surface area contributed by atoms with Crippen molar-refractivity contribution in [2.75, 3.05) is 17.4 Å². The fourth-order valence-electron chi connectivity index (χ4n) is 2.47. The Bertz CT molecular complexity index is 913. The molecule has 0 fully saturated rings. The van der Waals surface area contributed by atoms with Gasteiger partial charge in [0.25, 0.3) is 0 Å². The average molecular weight is 357 g/mol. The highest BCUT2D eigenvalue weighted by molar-refractivity contribution is 7.80. The topological polar surface area (TPSA) is 55.4 Å². The molecule has 7 heteroatoms. The van der Waals surface area contributed by atoms with E-state index in [2.05, 4.69) is 41.6 Å². The van der Waals surface area contributed by atoms with E-state index in [9.17, 15) is 0 Å². The van der Waals surface area contributed by atoms with Crippen LogP contribution in [0.1, 0.15) is 11.1 Å². The number of fused-ring (bicyclic) bond motifs is 2. The molecule has 1 aromatic heterocycles. The molecule has 3 aromatic rings. The first-order chi connectivity index (χ1) is 11.6. The molecule has 0 bridgehead atoms. The number of rotatable bonds is 2. The molecule has 0 saturated heterocycles. The predicted octanol–water partition coefficient (Wildman–Crippen LogP) is 4.45. The number of hydrogen-bond donors (Lipinski definition) is 2. The summed E-state index contributed by atoms with van der Waals surface area (Å²) in [6.45, 7) is 4.45. The third kappa shape index (κ3) is 2.88. The zero-order valence-electron chi connectivity index (χ0n) is 13.2. The number of ether oxygens (including phenoxy) is 2. The van der Waals surface area contributed by atoms with Crippen LogP contribution in [-0.4, -0.2) is 16.9 Å². The van der Waals surface area contributed by atoms with Gasteiger partial charge in [-0.1, -0.05) is 11.3 Å². The van der Waals surface area contributed by atoms with Gasteiger partial charge >= 0.3 is 0 Å². The second kappa shape index (κ2) is 5.92. The van der Waals surface area contributed by atoms with Gasteiger partial charge in [-0.25, -0.2) is 4.98 Å². The molecular weight excluding hydrogens is 342 g/mol. The molecule has 0 atom stereocenters. The van der Waals surface area contributed by atoms with Gasteiger partial charge in [0.2, 0.25) is 6.79 Å². The summed E-state index contributed by atoms with van der Waals surface area (Å²) >= 11 is 6.96. The minimum atomic E-state index is 0.256. The van der Waals surface area contributed by atoms with Crippen LogP contribution in [0.15, 0.2) is 30.3 Å². The van der Waals surface area contributed by atoms with Gasteiger partial charge in [-0.05, 0) is 61.5 Å². The first-order valence-electron chi connectivity index (χ1n) is 7.44. The van der Waals surface area contributed by atoms with E-state index in [4.69, 9.17) is 21.7 Å². The summed E-state index contributed by atoms with van der Waals surface area (Å²) in [4.78, 5) is 4.59. The zero-order chi connectivity index (χ0) is 16.7. The standard InChI is InChI=1S/C17H15N3O2S2/c1-9-5-12-15(6-10(9)2)24-17(19-12)20-16(23)18-11-3-4-13-14(7-11)22-8-21-13/h3-7H,8H2,1-2H3,(H2,18,19,20,23). The maximum atomic E-state index is 5.37. The lowest BCUT2D eigenvalue weighted by atomic mass is 10.1. The molecule has 122 valence electrons. The molecule has 1 aliphatic rings. The number of thiazole rings is 1. The Labute approximate surface area is 148 Å². The van der Waals surface area contributed by atoms with Gasteiger partial charge in [-0.3, -0.25) is 0 Å². The summed E-state index contributed by atoms with van der Waals surface area (Å²) in [6.07, 6.45) is 0. The van der Waals surface area contributed by atoms with Crippen LogP contribution in [0.2, 0.25) is 0 Å². The monoisotopic (exact) mass is 357 g/mol. The quantitative estimate of drug-likeness (QED) is 0.661. The van der Waals surface area contributed by atoms with Crippen molar-refractivity contribution in [1.29, 1.82) is 0 Å². The van der Waals surface area contributed by atoms with E-state index < -0.39 is 0 Å². The maximum Gasteiger partial charge on any atom is 0.231 e. The van der Waals surface area contributed by atoms with Crippen LogP contribution < -0.4 is 20.1 Å². The van der Waals surface area contributed by atoms with E-state index in [1.54, 1.807) is 11.3 Å². The lowest BCUT2D eigenvalue weighted by molar-refractivity contribution is 0.174. The number of thiocarbonyl (C=S) groups is 1. The van der Waals surface area contributed by atoms with Crippen molar-refractivity contribution in [3.05, 3.63) is 41.5 Å². The van der Waals surface area contributed by atoms with Crippen LogP contribution in [0.5, 0.6) is 11.5 Å². The lowest BCUT2D eigenvalue weighted by Crippen LogP contribution is -2.18. The number of benzene rings is 2. The number of nitrogens with one attached hydrogen (secondary N) is 2. The largest absolute Gasteiger partial charge is 0.454 e. The molecule has 0 amide bonds. The van der Waals surface area contributed by atoms with E-state index in [0.717, 1.165) is 26.8 Å². The fraction of sp³-hybridized carbons (Fsp3) is 0.176. The van der Waals surface area contributed by atoms with Crippen molar-refractivity contribution in [1.82, 2.24) is 4.98 Å². The van der Waals surface area contributed by atoms with E-state index in [0.29, 0.717) is 10.9 Å². The average Bonchev–Trinajstić information content (AvgIpc) is 3.13. The molecule has 1 aliphatic heterocycles. The fourth-order valence-corrected chi connectivity index (χ4v) is 3.70. The van der Waals surface area contributed by atoms with Crippen LogP contribution in [0, 0.1) is 13.8 Å². The van der Waals surface area contributed by atoms with Gasteiger partial charge in [0.15, 0.2) is 21.7 Å². The number of nitrogens with zero attached hydrogens (tertiary/aromatic N) is 1. The highest BCUT2D eigenvalue weighted by atomic mass is 32.1. The second-order valence-corrected chi connectivity index (χ2v) is 7.01. The van der Waals surface area contributed by atoms with Gasteiger partial charge in [0, 0.05) is 11.8 Å². The van der Waals surface area contributed by atoms with Crippen molar-refractivity contribution in [2.24, 2.45) is 0 Å². The van der Waals surface area contributed by atoms with Crippen LogP contribution in [0.25, 0.3) is 10.2 Å². The molecule has 0 spiro atoms. The van der Waals surface area contributed by atoms with E-state index >= 15 is 0 Å². The SMILES string of the molecule is Cc1cc2nc(NC(=S)Nc3ccc4c(c3)OCO4)sc2cc1C. The number of hydrogen-bond acceptors (Lipinski definition) is 5. The predicted molar refractivity (Wildman–Crippen MR) is 102 cm³/mol. The van der Waals surface area contributed by atoms with Gasteiger partial charge in [-0.2, -0.15) is 0 Å². The van der Waals surface area contributed by atoms with E-state index in [1.807, 2.05) is 18.2 Å². The van der Waals surface area contributed by atoms with Gasteiger partial charge in [-0.15, -0.1) is 0 Å². The Balaban J connectivity index is 1.49. The van der Waals surface area contributed by atoms with Crippen molar-refractivity contribution in [3.8, 4) is 11.5 Å². The summed E-state index contributed by atoms with van der Waals surface area (Å²) in [7, 11) is 0. The smallest absolute Gasteiger partial charge is 0.231 e. The normalized spacial score (nSPS) is 12.4. The molecule has 0 aliphatic carbocycles. The Morgan fingerprint density at radius 2 is 1.88 bits per heavy atom. The Morgan fingerprint density at radius 3 is 2.75 bits per heavy atom. The summed E-state index contributed by atoms with van der Waals surface area (Å²) in [5.74, 6) is 1.46. The van der Waals surface area contributed by atoms with Crippen molar-refractivity contribution in [3.63, 3.8) is 0 Å². The Kier molecular flexibility index (Phi) is 3.74. The van der Waals surface area contributed by atoms with Crippen LogP contribution >= 0.6 is 23.6 Å². The first kappa shape index (κ1) is 15.2. The van der Waals surface area contributed by atoms with Crippen molar-refractivity contribution >= 4 is 49.7 Å². The number of aryl methyl sites for hydroxylation is 2. The highest BCUT2D eigenvalue weighted by Crippen LogP contribution is 2.34. The molecular formula is C17H15N3O2S2. The third-order valence-electron chi connectivity index (χ3n) is 3.85. The highest BCUT2D eigenvalue weighted by Gasteiger charge is 2.14. The molecule has 2 N–H and O–H groups in total. The van der Waals surface area contributed by atoms with Crippen molar-refractivity contribution in [2.45, 2.75) is 13.8 Å². The van der Waals surface area contributed by atoms with Crippen LogP contribution in [0.4, 0.5) is 10.8 Å². The van der Waals surface area contributed by atoms with E-state index in [-0.39, 0.29) is 6.79 Å². The summed E-state index contributed by atoms with van der Waals surface area (Å²) in [6, 6.07) is 9.87. The molecule has 0 unspecified atom stereocenters. The zero-order valence-corrected chi connectivity index (χ0v) is 14.8. The first-order valence-corrected chi connectivity index (χ1v) is 8.66. The maximum absolute atomic E-state index is 5.37. The molecule has 0 radical (unpaired) electrons. The van der Waals surface area contributed by atoms with Gasteiger partial charge < -0.3 is 20.1 Å². The second-order valence-electron chi connectivity index (χ2n) is 5.57. The molecule has 2 aromatic carbocycles. The van der Waals surface area contributed by atoms with Crippen LogP contribution in [-0.2, 0) is 0 Å². The Hall–Kier alpha value is -2.38. The summed E-state index contributed by atoms with van der Waals surface area (Å²) < 4.78 is 11.8. The van der Waals surface area contributed by atoms with Gasteiger partial charge in [0.1, 0.15) is 0 Å². The molecule has 0 saturated carbocycles. The number of aromatic nitrogens is 1. The molecule has 5 nitrogen and oxygen atoms in total. The summed E-state index contributed by atoms with van der Waals surface area (Å²) in [5.41, 5.74) is 4.32. The molecule has 4 rings (SSSR count). The summed E-state index contributed by atoms with van der Waals surface area (Å²) in [5, 5.41) is 7.54. The molecule has 24 heavy (non-hydrogen) atoms. The van der Waals surface area contributed by atoms with Crippen LogP contribution in [0.3, 0.4) is 0 Å². The third-order valence-corrected chi connectivity index (χ3v) is 4.99. The minimum absolute atomic E-state index is 0.256. The molecule has 2 heterocycles. The van der Waals surface area contributed by atoms with Crippen molar-refractivity contribution < 1.29 is 9.47 Å². The number of anilines is 2. The van der Waals surface area contributed by atoms with E-state index in [1.165, 1.54) is 11.1 Å². The minimum Gasteiger partial charge on any atom is -0.454 e. The lowest BCUT2D eigenvalue weighted by Gasteiger charge is -2.08.